The van der Waals surface area contributed by atoms with E-state index in [0.29, 0.717) is 19.8 Å². The number of halogens is 3. The highest BCUT2D eigenvalue weighted by molar-refractivity contribution is 5.96. The van der Waals surface area contributed by atoms with Gasteiger partial charge in [-0.1, -0.05) is 12.1 Å². The lowest BCUT2D eigenvalue weighted by Gasteiger charge is -2.26. The molecule has 2 rings (SSSR count). The molecule has 110 valence electrons. The Balaban J connectivity index is 1.95. The average Bonchev–Trinajstić information content (AvgIpc) is 2.45. The molecule has 0 aliphatic carbocycles. The molecule has 1 heterocycles. The Hall–Kier alpha value is -1.40. The number of benzene rings is 1. The van der Waals surface area contributed by atoms with Gasteiger partial charge in [-0.2, -0.15) is 13.2 Å². The van der Waals surface area contributed by atoms with Crippen LogP contribution in [0.4, 0.5) is 13.2 Å². The lowest BCUT2D eigenvalue weighted by atomic mass is 10.0. The number of ether oxygens (including phenoxy) is 1. The van der Waals surface area contributed by atoms with E-state index in [9.17, 15) is 18.0 Å². The van der Waals surface area contributed by atoms with Crippen molar-refractivity contribution < 1.29 is 22.7 Å². The van der Waals surface area contributed by atoms with E-state index in [1.54, 1.807) is 0 Å². The van der Waals surface area contributed by atoms with Crippen LogP contribution in [0, 0.1) is 0 Å². The van der Waals surface area contributed by atoms with Crippen molar-refractivity contribution in [2.24, 2.45) is 0 Å². The predicted octanol–water partition coefficient (Wildman–Crippen LogP) is 2.61. The molecular formula is C14H16F3NO2. The van der Waals surface area contributed by atoms with Crippen LogP contribution in [0.3, 0.4) is 0 Å². The van der Waals surface area contributed by atoms with Crippen LogP contribution in [0.25, 0.3) is 0 Å². The molecule has 1 fully saturated rings. The number of hydrogen-bond donors (Lipinski definition) is 0. The zero-order chi connectivity index (χ0) is 14.6. The van der Waals surface area contributed by atoms with Gasteiger partial charge >= 0.3 is 6.18 Å². The molecule has 20 heavy (non-hydrogen) atoms. The number of alkyl halides is 3. The van der Waals surface area contributed by atoms with Gasteiger partial charge in [0.25, 0.3) is 0 Å². The summed E-state index contributed by atoms with van der Waals surface area (Å²) in [6, 6.07) is 4.59. The molecule has 0 amide bonds. The van der Waals surface area contributed by atoms with Crippen molar-refractivity contribution in [3.8, 4) is 0 Å². The second-order valence-electron chi connectivity index (χ2n) is 4.71. The second-order valence-corrected chi connectivity index (χ2v) is 4.71. The maximum absolute atomic E-state index is 12.6. The van der Waals surface area contributed by atoms with Crippen molar-refractivity contribution in [3.05, 3.63) is 35.4 Å². The summed E-state index contributed by atoms with van der Waals surface area (Å²) in [6.45, 7) is 3.35. The van der Waals surface area contributed by atoms with Gasteiger partial charge in [0.05, 0.1) is 18.8 Å². The molecule has 0 unspecified atom stereocenters. The van der Waals surface area contributed by atoms with Crippen LogP contribution in [-0.2, 0) is 10.9 Å². The minimum Gasteiger partial charge on any atom is -0.379 e. The molecule has 0 radical (unpaired) electrons. The summed E-state index contributed by atoms with van der Waals surface area (Å²) in [5, 5.41) is 0. The van der Waals surface area contributed by atoms with Crippen LogP contribution in [0.1, 0.15) is 22.3 Å². The van der Waals surface area contributed by atoms with E-state index in [0.717, 1.165) is 25.2 Å². The molecule has 1 aliphatic heterocycles. The third-order valence-electron chi connectivity index (χ3n) is 3.27. The number of rotatable bonds is 4. The zero-order valence-corrected chi connectivity index (χ0v) is 10.9. The monoisotopic (exact) mass is 287 g/mol. The maximum atomic E-state index is 12.6. The van der Waals surface area contributed by atoms with Crippen LogP contribution in [0.15, 0.2) is 24.3 Å². The number of carbonyl (C=O) groups excluding carboxylic acids is 1. The molecule has 1 aromatic carbocycles. The third kappa shape index (κ3) is 4.05. The second kappa shape index (κ2) is 6.37. The van der Waals surface area contributed by atoms with Crippen molar-refractivity contribution in [2.45, 2.75) is 12.6 Å². The first-order valence-corrected chi connectivity index (χ1v) is 6.47. The van der Waals surface area contributed by atoms with Crippen molar-refractivity contribution in [1.29, 1.82) is 0 Å². The fourth-order valence-electron chi connectivity index (χ4n) is 2.10. The summed E-state index contributed by atoms with van der Waals surface area (Å²) in [5.41, 5.74) is -0.664. The molecule has 6 heteroatoms. The highest BCUT2D eigenvalue weighted by Crippen LogP contribution is 2.29. The summed E-state index contributed by atoms with van der Waals surface area (Å²) >= 11 is 0. The van der Waals surface area contributed by atoms with E-state index in [1.165, 1.54) is 12.1 Å². The minimum absolute atomic E-state index is 0.119. The van der Waals surface area contributed by atoms with Crippen LogP contribution >= 0.6 is 0 Å². The molecule has 0 aromatic heterocycles. The lowest BCUT2D eigenvalue weighted by molar-refractivity contribution is -0.137. The van der Waals surface area contributed by atoms with Crippen LogP contribution in [0.2, 0.25) is 0 Å². The van der Waals surface area contributed by atoms with Gasteiger partial charge in [-0.05, 0) is 12.1 Å². The molecule has 0 spiro atoms. The van der Waals surface area contributed by atoms with Gasteiger partial charge in [0, 0.05) is 31.6 Å². The number of hydrogen-bond acceptors (Lipinski definition) is 3. The molecule has 1 aliphatic rings. The standard InChI is InChI=1S/C14H16F3NO2/c15-14(16,17)12-3-1-2-11(10-12)13(19)4-5-18-6-8-20-9-7-18/h1-3,10H,4-9H2. The lowest BCUT2D eigenvalue weighted by Crippen LogP contribution is -2.37. The number of carbonyl (C=O) groups is 1. The van der Waals surface area contributed by atoms with Crippen LogP contribution in [0.5, 0.6) is 0 Å². The fourth-order valence-corrected chi connectivity index (χ4v) is 2.10. The summed E-state index contributed by atoms with van der Waals surface area (Å²) in [6.07, 6.45) is -4.19. The van der Waals surface area contributed by atoms with Crippen molar-refractivity contribution in [1.82, 2.24) is 4.90 Å². The van der Waals surface area contributed by atoms with Crippen molar-refractivity contribution in [3.63, 3.8) is 0 Å². The number of Topliss-reactive ketones (excluding diaryl/α,β-unsaturated/α-hetero) is 1. The molecule has 0 N–H and O–H groups in total. The number of nitrogens with zero attached hydrogens (tertiary/aromatic N) is 1. The average molecular weight is 287 g/mol. The van der Waals surface area contributed by atoms with Gasteiger partial charge < -0.3 is 4.74 Å². The zero-order valence-electron chi connectivity index (χ0n) is 10.9. The van der Waals surface area contributed by atoms with Crippen LogP contribution in [-0.4, -0.2) is 43.5 Å². The number of morpholine rings is 1. The largest absolute Gasteiger partial charge is 0.416 e. The van der Waals surface area contributed by atoms with E-state index in [2.05, 4.69) is 4.90 Å². The van der Waals surface area contributed by atoms with E-state index in [4.69, 9.17) is 4.74 Å². The minimum atomic E-state index is -4.42. The molecule has 1 saturated heterocycles. The Morgan fingerprint density at radius 1 is 1.25 bits per heavy atom. The van der Waals surface area contributed by atoms with E-state index >= 15 is 0 Å². The van der Waals surface area contributed by atoms with Gasteiger partial charge in [0.1, 0.15) is 0 Å². The first kappa shape index (κ1) is 15.0. The van der Waals surface area contributed by atoms with Gasteiger partial charge in [0.2, 0.25) is 0 Å². The molecule has 3 nitrogen and oxygen atoms in total. The Morgan fingerprint density at radius 2 is 1.95 bits per heavy atom. The highest BCUT2D eigenvalue weighted by atomic mass is 19.4. The molecule has 0 atom stereocenters. The predicted molar refractivity (Wildman–Crippen MR) is 67.7 cm³/mol. The van der Waals surface area contributed by atoms with E-state index in [1.807, 2.05) is 0 Å². The Labute approximate surface area is 115 Å². The fraction of sp³-hybridized carbons (Fsp3) is 0.500. The summed E-state index contributed by atoms with van der Waals surface area (Å²) in [5.74, 6) is -0.261. The van der Waals surface area contributed by atoms with Gasteiger partial charge in [0.15, 0.2) is 5.78 Å². The highest BCUT2D eigenvalue weighted by Gasteiger charge is 2.30. The summed E-state index contributed by atoms with van der Waals surface area (Å²) in [4.78, 5) is 14.0. The van der Waals surface area contributed by atoms with E-state index < -0.39 is 11.7 Å². The SMILES string of the molecule is O=C(CCN1CCOCC1)c1cccc(C(F)(F)F)c1. The quantitative estimate of drug-likeness (QED) is 0.797. The van der Waals surface area contributed by atoms with Gasteiger partial charge in [-0.15, -0.1) is 0 Å². The van der Waals surface area contributed by atoms with Crippen molar-refractivity contribution >= 4 is 5.78 Å². The maximum Gasteiger partial charge on any atom is 0.416 e. The van der Waals surface area contributed by atoms with Crippen molar-refractivity contribution in [2.75, 3.05) is 32.8 Å². The Kier molecular flexibility index (Phi) is 4.77. The number of ketones is 1. The Morgan fingerprint density at radius 3 is 2.60 bits per heavy atom. The van der Waals surface area contributed by atoms with Gasteiger partial charge in [-0.25, -0.2) is 0 Å². The molecule has 0 saturated carbocycles. The van der Waals surface area contributed by atoms with Gasteiger partial charge in [-0.3, -0.25) is 9.69 Å². The normalized spacial score (nSPS) is 17.1. The molecular weight excluding hydrogens is 271 g/mol. The summed E-state index contributed by atoms with van der Waals surface area (Å²) in [7, 11) is 0. The first-order chi connectivity index (χ1) is 9.47. The topological polar surface area (TPSA) is 29.5 Å². The Bertz CT molecular complexity index is 468. The summed E-state index contributed by atoms with van der Waals surface area (Å²) < 4.78 is 42.9. The molecule has 0 bridgehead atoms. The smallest absolute Gasteiger partial charge is 0.379 e. The van der Waals surface area contributed by atoms with E-state index in [-0.39, 0.29) is 17.8 Å². The first-order valence-electron chi connectivity index (χ1n) is 6.47. The third-order valence-corrected chi connectivity index (χ3v) is 3.27. The van der Waals surface area contributed by atoms with Crippen LogP contribution < -0.4 is 0 Å². The molecule has 1 aromatic rings.